The second kappa shape index (κ2) is 2.96. The van der Waals surface area contributed by atoms with Gasteiger partial charge in [-0.3, -0.25) is 8.39 Å². The van der Waals surface area contributed by atoms with Crippen molar-refractivity contribution in [1.82, 2.24) is 3.59 Å². The van der Waals surface area contributed by atoms with E-state index in [4.69, 9.17) is 0 Å². The third-order valence-corrected chi connectivity index (χ3v) is 2.43. The molecule has 1 aromatic carbocycles. The van der Waals surface area contributed by atoms with Crippen molar-refractivity contribution in [2.45, 2.75) is 0 Å². The summed E-state index contributed by atoms with van der Waals surface area (Å²) in [4.78, 5) is 11.3. The van der Waals surface area contributed by atoms with E-state index in [2.05, 4.69) is 16.1 Å². The van der Waals surface area contributed by atoms with E-state index in [0.29, 0.717) is 10.9 Å². The predicted molar refractivity (Wildman–Crippen MR) is 52.5 cm³/mol. The third-order valence-electron chi connectivity index (χ3n) is 1.81. The molecule has 0 atom stereocenters. The molecule has 66 valence electrons. The van der Waals surface area contributed by atoms with Crippen LogP contribution in [-0.2, 0) is 0 Å². The monoisotopic (exact) mass is 241 g/mol. The molecule has 2 aromatic rings. The maximum absolute atomic E-state index is 12.8. The van der Waals surface area contributed by atoms with Gasteiger partial charge in [-0.2, -0.15) is 0 Å². The van der Waals surface area contributed by atoms with Gasteiger partial charge >= 0.3 is 0 Å². The zero-order chi connectivity index (χ0) is 9.42. The van der Waals surface area contributed by atoms with Crippen LogP contribution in [-0.4, -0.2) is 3.59 Å². The largest absolute Gasteiger partial charge is 0.289 e. The van der Waals surface area contributed by atoms with Gasteiger partial charge in [0.15, 0.2) is 5.43 Å². The Hall–Kier alpha value is -1.16. The summed E-state index contributed by atoms with van der Waals surface area (Å²) in [6.45, 7) is 0. The average molecular weight is 242 g/mol. The molecule has 0 aliphatic heterocycles. The van der Waals surface area contributed by atoms with Gasteiger partial charge in [0, 0.05) is 17.6 Å². The summed E-state index contributed by atoms with van der Waals surface area (Å²) in [6, 6.07) is 5.49. The van der Waals surface area contributed by atoms with E-state index in [-0.39, 0.29) is 11.2 Å². The molecular formula is C9H5BrFNO. The summed E-state index contributed by atoms with van der Waals surface area (Å²) in [6.07, 6.45) is 1.55. The molecule has 0 saturated heterocycles. The molecule has 0 bridgehead atoms. The molecule has 0 radical (unpaired) electrons. The van der Waals surface area contributed by atoms with E-state index in [1.54, 1.807) is 6.20 Å². The second-order valence-corrected chi connectivity index (χ2v) is 3.42. The van der Waals surface area contributed by atoms with Crippen molar-refractivity contribution >= 4 is 27.1 Å². The van der Waals surface area contributed by atoms with Crippen LogP contribution >= 0.6 is 16.1 Å². The molecule has 0 aliphatic rings. The number of nitrogens with zero attached hydrogens (tertiary/aromatic N) is 1. The van der Waals surface area contributed by atoms with Crippen LogP contribution in [0.15, 0.2) is 35.3 Å². The van der Waals surface area contributed by atoms with Crippen LogP contribution in [0.2, 0.25) is 0 Å². The summed E-state index contributed by atoms with van der Waals surface area (Å²) >= 11 is 3.18. The Morgan fingerprint density at radius 1 is 1.31 bits per heavy atom. The fraction of sp³-hybridized carbons (Fsp3) is 0. The summed E-state index contributed by atoms with van der Waals surface area (Å²) in [5.41, 5.74) is 0.429. The standard InChI is InChI=1S/C9H5BrFNO/c10-12-4-3-9(13)7-2-1-6(11)5-8(7)12/h1-5H. The van der Waals surface area contributed by atoms with Crippen LogP contribution in [0.1, 0.15) is 0 Å². The minimum atomic E-state index is -0.355. The number of hydrogen-bond acceptors (Lipinski definition) is 1. The number of halogens is 2. The number of benzene rings is 1. The van der Waals surface area contributed by atoms with Gasteiger partial charge in [-0.25, -0.2) is 4.39 Å². The molecule has 0 fully saturated rings. The Balaban J connectivity index is 3.01. The molecule has 0 unspecified atom stereocenters. The lowest BCUT2D eigenvalue weighted by Crippen LogP contribution is -2.02. The van der Waals surface area contributed by atoms with Crippen LogP contribution in [0.25, 0.3) is 10.9 Å². The number of hydrogen-bond donors (Lipinski definition) is 0. The van der Waals surface area contributed by atoms with Crippen molar-refractivity contribution in [3.8, 4) is 0 Å². The Labute approximate surface area is 81.9 Å². The lowest BCUT2D eigenvalue weighted by atomic mass is 10.2. The highest BCUT2D eigenvalue weighted by atomic mass is 79.9. The summed E-state index contributed by atoms with van der Waals surface area (Å²) in [5.74, 6) is -0.355. The highest BCUT2D eigenvalue weighted by Crippen LogP contribution is 2.13. The van der Waals surface area contributed by atoms with Gasteiger partial charge in [-0.15, -0.1) is 0 Å². The van der Waals surface area contributed by atoms with Crippen molar-refractivity contribution in [2.75, 3.05) is 0 Å². The Bertz CT molecular complexity index is 520. The van der Waals surface area contributed by atoms with Crippen molar-refractivity contribution in [3.63, 3.8) is 0 Å². The minimum Gasteiger partial charge on any atom is -0.289 e. The van der Waals surface area contributed by atoms with Gasteiger partial charge in [0.2, 0.25) is 0 Å². The predicted octanol–water partition coefficient (Wildman–Crippen LogP) is 2.30. The Kier molecular flexibility index (Phi) is 1.92. The van der Waals surface area contributed by atoms with Crippen molar-refractivity contribution < 1.29 is 4.39 Å². The first kappa shape index (κ1) is 8.44. The topological polar surface area (TPSA) is 22.0 Å². The molecular weight excluding hydrogens is 237 g/mol. The van der Waals surface area contributed by atoms with Crippen molar-refractivity contribution in [2.24, 2.45) is 0 Å². The van der Waals surface area contributed by atoms with E-state index in [9.17, 15) is 9.18 Å². The molecule has 0 amide bonds. The van der Waals surface area contributed by atoms with Gasteiger partial charge in [-0.05, 0) is 18.2 Å². The maximum atomic E-state index is 12.8. The number of pyridine rings is 1. The normalized spacial score (nSPS) is 10.6. The van der Waals surface area contributed by atoms with Crippen LogP contribution in [0, 0.1) is 5.82 Å². The molecule has 4 heteroatoms. The van der Waals surface area contributed by atoms with E-state index in [1.807, 2.05) is 0 Å². The van der Waals surface area contributed by atoms with Crippen LogP contribution in [0.4, 0.5) is 4.39 Å². The summed E-state index contributed by atoms with van der Waals surface area (Å²) in [5, 5.41) is 0.501. The van der Waals surface area contributed by atoms with Crippen molar-refractivity contribution in [3.05, 3.63) is 46.5 Å². The van der Waals surface area contributed by atoms with Gasteiger partial charge in [-0.1, -0.05) is 0 Å². The summed E-state index contributed by atoms with van der Waals surface area (Å²) < 4.78 is 14.3. The number of rotatable bonds is 0. The average Bonchev–Trinajstić information content (AvgIpc) is 2.12. The van der Waals surface area contributed by atoms with Gasteiger partial charge in [0.1, 0.15) is 5.82 Å². The first-order chi connectivity index (χ1) is 6.18. The van der Waals surface area contributed by atoms with Gasteiger partial charge in [0.05, 0.1) is 21.7 Å². The molecule has 0 N–H and O–H groups in total. The molecule has 13 heavy (non-hydrogen) atoms. The first-order valence-corrected chi connectivity index (χ1v) is 4.36. The van der Waals surface area contributed by atoms with Gasteiger partial charge in [0.25, 0.3) is 0 Å². The third kappa shape index (κ3) is 1.37. The maximum Gasteiger partial charge on any atom is 0.189 e. The lowest BCUT2D eigenvalue weighted by molar-refractivity contribution is 0.629. The molecule has 0 aliphatic carbocycles. The molecule has 1 aromatic heterocycles. The lowest BCUT2D eigenvalue weighted by Gasteiger charge is -2.01. The molecule has 0 saturated carbocycles. The SMILES string of the molecule is O=c1ccn(Br)c2cc(F)ccc12. The molecule has 1 heterocycles. The van der Waals surface area contributed by atoms with E-state index in [0.717, 1.165) is 0 Å². The van der Waals surface area contributed by atoms with Crippen LogP contribution in [0.3, 0.4) is 0 Å². The Morgan fingerprint density at radius 2 is 2.08 bits per heavy atom. The zero-order valence-corrected chi connectivity index (χ0v) is 8.08. The molecule has 2 nitrogen and oxygen atoms in total. The number of aromatic nitrogens is 1. The van der Waals surface area contributed by atoms with E-state index in [1.165, 1.54) is 27.9 Å². The van der Waals surface area contributed by atoms with Crippen LogP contribution in [0.5, 0.6) is 0 Å². The highest BCUT2D eigenvalue weighted by Gasteiger charge is 2.01. The zero-order valence-electron chi connectivity index (χ0n) is 6.50. The van der Waals surface area contributed by atoms with Crippen molar-refractivity contribution in [1.29, 1.82) is 0 Å². The quantitative estimate of drug-likeness (QED) is 0.694. The van der Waals surface area contributed by atoms with E-state index >= 15 is 0 Å². The fourth-order valence-electron chi connectivity index (χ4n) is 1.19. The van der Waals surface area contributed by atoms with Gasteiger partial charge < -0.3 is 0 Å². The fourth-order valence-corrected chi connectivity index (χ4v) is 1.60. The van der Waals surface area contributed by atoms with E-state index < -0.39 is 0 Å². The smallest absolute Gasteiger partial charge is 0.189 e. The molecule has 2 rings (SSSR count). The first-order valence-electron chi connectivity index (χ1n) is 3.65. The van der Waals surface area contributed by atoms with Crippen LogP contribution < -0.4 is 5.43 Å². The Morgan fingerprint density at radius 3 is 2.85 bits per heavy atom. The second-order valence-electron chi connectivity index (χ2n) is 2.65. The minimum absolute atomic E-state index is 0.106. The highest BCUT2D eigenvalue weighted by molar-refractivity contribution is 9.08. The summed E-state index contributed by atoms with van der Waals surface area (Å²) in [7, 11) is 0. The molecule has 0 spiro atoms. The number of fused-ring (bicyclic) bond motifs is 1.